The lowest BCUT2D eigenvalue weighted by atomic mass is 10.1. The zero-order valence-electron chi connectivity index (χ0n) is 8.87. The van der Waals surface area contributed by atoms with Crippen LogP contribution in [0.4, 0.5) is 0 Å². The van der Waals surface area contributed by atoms with Crippen molar-refractivity contribution in [2.24, 2.45) is 0 Å². The van der Waals surface area contributed by atoms with Crippen molar-refractivity contribution in [1.29, 1.82) is 0 Å². The summed E-state index contributed by atoms with van der Waals surface area (Å²) >= 11 is 2.01. The van der Waals surface area contributed by atoms with Gasteiger partial charge >= 0.3 is 0 Å². The number of carbonyl (C=O) groups excluding carboxylic acids is 1. The van der Waals surface area contributed by atoms with Crippen LogP contribution in [-0.2, 0) is 4.79 Å². The van der Waals surface area contributed by atoms with Crippen LogP contribution in [0.25, 0.3) is 0 Å². The fourth-order valence-electron chi connectivity index (χ4n) is 2.60. The van der Waals surface area contributed by atoms with Crippen molar-refractivity contribution in [1.82, 2.24) is 4.90 Å². The van der Waals surface area contributed by atoms with Gasteiger partial charge in [0.15, 0.2) is 0 Å². The smallest absolute Gasteiger partial charge is 0.135 e. The van der Waals surface area contributed by atoms with E-state index in [2.05, 4.69) is 11.2 Å². The molecule has 0 bridgehead atoms. The fourth-order valence-corrected chi connectivity index (χ4v) is 3.39. The summed E-state index contributed by atoms with van der Waals surface area (Å²) in [5.41, 5.74) is 0. The van der Waals surface area contributed by atoms with E-state index in [1.807, 2.05) is 11.8 Å². The summed E-state index contributed by atoms with van der Waals surface area (Å²) in [6.45, 7) is 2.04. The van der Waals surface area contributed by atoms with Crippen LogP contribution in [0.15, 0.2) is 0 Å². The molecule has 1 aliphatic heterocycles. The maximum atomic E-state index is 11.1. The molecule has 2 atom stereocenters. The maximum Gasteiger partial charge on any atom is 0.135 e. The predicted octanol–water partition coefficient (Wildman–Crippen LogP) is 1.94. The Morgan fingerprint density at radius 2 is 2.00 bits per heavy atom. The molecule has 0 amide bonds. The third-order valence-electron chi connectivity index (χ3n) is 3.56. The monoisotopic (exact) mass is 213 g/mol. The highest BCUT2D eigenvalue weighted by Crippen LogP contribution is 2.32. The molecule has 1 saturated heterocycles. The molecular weight excluding hydrogens is 194 g/mol. The number of hydrogen-bond acceptors (Lipinski definition) is 3. The van der Waals surface area contributed by atoms with Gasteiger partial charge in [-0.1, -0.05) is 0 Å². The molecule has 3 heteroatoms. The standard InChI is InChI=1S/C11H19NOS/c1-14-11-3-2-9(8-11)12-6-4-10(13)5-7-12/h9,11H,2-8H2,1H3. The van der Waals surface area contributed by atoms with Gasteiger partial charge in [-0.15, -0.1) is 0 Å². The number of Topliss-reactive ketones (excluding diaryl/α,β-unsaturated/α-hetero) is 1. The molecule has 0 radical (unpaired) electrons. The van der Waals surface area contributed by atoms with Crippen LogP contribution >= 0.6 is 11.8 Å². The van der Waals surface area contributed by atoms with Crippen LogP contribution in [0.3, 0.4) is 0 Å². The number of ketones is 1. The third-order valence-corrected chi connectivity index (χ3v) is 4.66. The Balaban J connectivity index is 1.82. The van der Waals surface area contributed by atoms with Gasteiger partial charge in [0.25, 0.3) is 0 Å². The normalized spacial score (nSPS) is 35.1. The number of rotatable bonds is 2. The van der Waals surface area contributed by atoms with Gasteiger partial charge in [0.2, 0.25) is 0 Å². The predicted molar refractivity (Wildman–Crippen MR) is 60.8 cm³/mol. The van der Waals surface area contributed by atoms with E-state index < -0.39 is 0 Å². The number of nitrogens with zero attached hydrogens (tertiary/aromatic N) is 1. The quantitative estimate of drug-likeness (QED) is 0.699. The van der Waals surface area contributed by atoms with Gasteiger partial charge in [0.1, 0.15) is 5.78 Å². The van der Waals surface area contributed by atoms with Gasteiger partial charge in [-0.25, -0.2) is 0 Å². The molecule has 14 heavy (non-hydrogen) atoms. The first-order valence-corrected chi connectivity index (χ1v) is 6.87. The molecule has 80 valence electrons. The van der Waals surface area contributed by atoms with Crippen molar-refractivity contribution >= 4 is 17.5 Å². The highest BCUT2D eigenvalue weighted by molar-refractivity contribution is 7.99. The van der Waals surface area contributed by atoms with E-state index in [9.17, 15) is 4.79 Å². The highest BCUT2D eigenvalue weighted by atomic mass is 32.2. The van der Waals surface area contributed by atoms with Gasteiger partial charge in [0, 0.05) is 37.2 Å². The Bertz CT molecular complexity index is 209. The lowest BCUT2D eigenvalue weighted by molar-refractivity contribution is -0.121. The number of likely N-dealkylation sites (tertiary alicyclic amines) is 1. The highest BCUT2D eigenvalue weighted by Gasteiger charge is 2.30. The Morgan fingerprint density at radius 1 is 1.29 bits per heavy atom. The van der Waals surface area contributed by atoms with Gasteiger partial charge in [-0.05, 0) is 25.5 Å². The minimum Gasteiger partial charge on any atom is -0.300 e. The second-order valence-corrected chi connectivity index (χ2v) is 5.54. The molecule has 0 aromatic heterocycles. The molecule has 2 aliphatic rings. The van der Waals surface area contributed by atoms with Crippen molar-refractivity contribution in [2.75, 3.05) is 19.3 Å². The lowest BCUT2D eigenvalue weighted by Gasteiger charge is -2.31. The summed E-state index contributed by atoms with van der Waals surface area (Å²) in [7, 11) is 0. The van der Waals surface area contributed by atoms with Crippen LogP contribution < -0.4 is 0 Å². The van der Waals surface area contributed by atoms with E-state index in [1.165, 1.54) is 19.3 Å². The number of piperidine rings is 1. The summed E-state index contributed by atoms with van der Waals surface area (Å²) in [5, 5.41) is 0.873. The average Bonchev–Trinajstić information content (AvgIpc) is 2.67. The molecule has 2 nitrogen and oxygen atoms in total. The van der Waals surface area contributed by atoms with Crippen molar-refractivity contribution in [3.63, 3.8) is 0 Å². The van der Waals surface area contributed by atoms with Gasteiger partial charge in [-0.3, -0.25) is 9.69 Å². The summed E-state index contributed by atoms with van der Waals surface area (Å²) in [6, 6.07) is 0.778. The Kier molecular flexibility index (Phi) is 3.50. The van der Waals surface area contributed by atoms with Crippen LogP contribution in [-0.4, -0.2) is 41.3 Å². The summed E-state index contributed by atoms with van der Waals surface area (Å²) in [6.07, 6.45) is 7.86. The van der Waals surface area contributed by atoms with E-state index in [0.29, 0.717) is 5.78 Å². The number of hydrogen-bond donors (Lipinski definition) is 0. The van der Waals surface area contributed by atoms with Gasteiger partial charge in [0.05, 0.1) is 0 Å². The Morgan fingerprint density at radius 3 is 2.57 bits per heavy atom. The molecule has 0 aromatic carbocycles. The minimum atomic E-state index is 0.459. The lowest BCUT2D eigenvalue weighted by Crippen LogP contribution is -2.40. The Labute approximate surface area is 90.4 Å². The van der Waals surface area contributed by atoms with Crippen molar-refractivity contribution < 1.29 is 4.79 Å². The minimum absolute atomic E-state index is 0.459. The second-order valence-electron chi connectivity index (χ2n) is 4.40. The first kappa shape index (κ1) is 10.5. The summed E-state index contributed by atoms with van der Waals surface area (Å²) in [4.78, 5) is 13.7. The van der Waals surface area contributed by atoms with Crippen LogP contribution in [0.1, 0.15) is 32.1 Å². The second kappa shape index (κ2) is 4.67. The van der Waals surface area contributed by atoms with Gasteiger partial charge in [-0.2, -0.15) is 11.8 Å². The molecule has 2 unspecified atom stereocenters. The summed E-state index contributed by atoms with van der Waals surface area (Å²) < 4.78 is 0. The Hall–Kier alpha value is -0.0200. The summed E-state index contributed by atoms with van der Waals surface area (Å²) in [5.74, 6) is 0.459. The molecule has 0 aromatic rings. The SMILES string of the molecule is CSC1CCC(N2CCC(=O)CC2)C1. The zero-order valence-corrected chi connectivity index (χ0v) is 9.68. The number of thioether (sulfide) groups is 1. The molecule has 2 rings (SSSR count). The first-order chi connectivity index (χ1) is 6.79. The first-order valence-electron chi connectivity index (χ1n) is 5.58. The molecule has 1 saturated carbocycles. The molecule has 0 N–H and O–H groups in total. The third kappa shape index (κ3) is 2.31. The van der Waals surface area contributed by atoms with Crippen molar-refractivity contribution in [3.05, 3.63) is 0 Å². The van der Waals surface area contributed by atoms with Crippen molar-refractivity contribution in [2.45, 2.75) is 43.4 Å². The van der Waals surface area contributed by atoms with E-state index in [4.69, 9.17) is 0 Å². The average molecular weight is 213 g/mol. The maximum absolute atomic E-state index is 11.1. The topological polar surface area (TPSA) is 20.3 Å². The molecule has 1 heterocycles. The zero-order chi connectivity index (χ0) is 9.97. The van der Waals surface area contributed by atoms with E-state index in [-0.39, 0.29) is 0 Å². The fraction of sp³-hybridized carbons (Fsp3) is 0.909. The van der Waals surface area contributed by atoms with Crippen LogP contribution in [0.2, 0.25) is 0 Å². The molecular formula is C11H19NOS. The van der Waals surface area contributed by atoms with E-state index in [0.717, 1.165) is 37.2 Å². The van der Waals surface area contributed by atoms with Crippen LogP contribution in [0.5, 0.6) is 0 Å². The largest absolute Gasteiger partial charge is 0.300 e. The molecule has 1 aliphatic carbocycles. The van der Waals surface area contributed by atoms with E-state index in [1.54, 1.807) is 0 Å². The molecule has 2 fully saturated rings. The van der Waals surface area contributed by atoms with Crippen molar-refractivity contribution in [3.8, 4) is 0 Å². The van der Waals surface area contributed by atoms with Gasteiger partial charge < -0.3 is 0 Å². The number of carbonyl (C=O) groups is 1. The van der Waals surface area contributed by atoms with Crippen LogP contribution in [0, 0.1) is 0 Å². The molecule has 0 spiro atoms. The van der Waals surface area contributed by atoms with E-state index >= 15 is 0 Å².